The highest BCUT2D eigenvalue weighted by molar-refractivity contribution is 9.10. The maximum absolute atomic E-state index is 12.9. The van der Waals surface area contributed by atoms with Gasteiger partial charge in [-0.25, -0.2) is 4.98 Å². The van der Waals surface area contributed by atoms with Crippen molar-refractivity contribution in [1.82, 2.24) is 4.98 Å². The van der Waals surface area contributed by atoms with Crippen LogP contribution in [0.2, 0.25) is 0 Å². The SMILES string of the molecule is NCc1cc(OC(F)(F)F)c(F)nc1Br. The summed E-state index contributed by atoms with van der Waals surface area (Å²) in [5.74, 6) is -2.34. The number of hydrogen-bond donors (Lipinski definition) is 1. The van der Waals surface area contributed by atoms with Crippen molar-refractivity contribution < 1.29 is 22.3 Å². The maximum Gasteiger partial charge on any atom is 0.573 e. The van der Waals surface area contributed by atoms with E-state index < -0.39 is 18.1 Å². The number of aromatic nitrogens is 1. The van der Waals surface area contributed by atoms with E-state index in [1.54, 1.807) is 0 Å². The molecule has 0 aliphatic carbocycles. The summed E-state index contributed by atoms with van der Waals surface area (Å²) in [4.78, 5) is 3.17. The molecule has 0 amide bonds. The van der Waals surface area contributed by atoms with Crippen molar-refractivity contribution in [3.05, 3.63) is 22.2 Å². The molecular formula is C7H5BrF4N2O. The van der Waals surface area contributed by atoms with Gasteiger partial charge >= 0.3 is 6.36 Å². The first kappa shape index (κ1) is 12.2. The summed E-state index contributed by atoms with van der Waals surface area (Å²) < 4.78 is 51.8. The molecule has 0 saturated heterocycles. The van der Waals surface area contributed by atoms with Crippen LogP contribution in [-0.2, 0) is 6.54 Å². The van der Waals surface area contributed by atoms with Crippen molar-refractivity contribution >= 4 is 15.9 Å². The Hall–Kier alpha value is -0.890. The van der Waals surface area contributed by atoms with Crippen molar-refractivity contribution in [3.8, 4) is 5.75 Å². The molecule has 1 aromatic heterocycles. The predicted octanol–water partition coefficient (Wildman–Crippen LogP) is 2.34. The third-order valence-corrected chi connectivity index (χ3v) is 2.10. The summed E-state index contributed by atoms with van der Waals surface area (Å²) in [5.41, 5.74) is 5.42. The fraction of sp³-hybridized carbons (Fsp3) is 0.286. The molecule has 0 unspecified atom stereocenters. The number of nitrogens with two attached hydrogens (primary N) is 1. The summed E-state index contributed by atoms with van der Waals surface area (Å²) in [6.45, 7) is -0.0813. The molecule has 1 heterocycles. The lowest BCUT2D eigenvalue weighted by atomic mass is 10.3. The molecule has 3 nitrogen and oxygen atoms in total. The monoisotopic (exact) mass is 288 g/mol. The van der Waals surface area contributed by atoms with E-state index >= 15 is 0 Å². The predicted molar refractivity (Wildman–Crippen MR) is 46.5 cm³/mol. The number of halogens is 5. The van der Waals surface area contributed by atoms with E-state index in [9.17, 15) is 17.6 Å². The smallest absolute Gasteiger partial charge is 0.401 e. The van der Waals surface area contributed by atoms with E-state index in [0.717, 1.165) is 6.07 Å². The van der Waals surface area contributed by atoms with Crippen LogP contribution < -0.4 is 10.5 Å². The molecule has 15 heavy (non-hydrogen) atoms. The number of hydrogen-bond acceptors (Lipinski definition) is 3. The van der Waals surface area contributed by atoms with E-state index in [2.05, 4.69) is 25.7 Å². The number of rotatable bonds is 2. The van der Waals surface area contributed by atoms with Crippen LogP contribution in [0.1, 0.15) is 5.56 Å². The van der Waals surface area contributed by atoms with E-state index in [0.29, 0.717) is 0 Å². The highest BCUT2D eigenvalue weighted by atomic mass is 79.9. The van der Waals surface area contributed by atoms with Crippen LogP contribution in [0.4, 0.5) is 17.6 Å². The van der Waals surface area contributed by atoms with Gasteiger partial charge in [0.15, 0.2) is 5.75 Å². The molecule has 0 radical (unpaired) electrons. The Morgan fingerprint density at radius 1 is 1.47 bits per heavy atom. The first-order valence-corrected chi connectivity index (χ1v) is 4.43. The standard InChI is InChI=1S/C7H5BrF4N2O/c8-5-3(2-13)1-4(6(9)14-5)15-7(10,11)12/h1H,2,13H2. The van der Waals surface area contributed by atoms with Crippen molar-refractivity contribution in [3.63, 3.8) is 0 Å². The zero-order valence-corrected chi connectivity index (χ0v) is 8.69. The molecule has 2 N–H and O–H groups in total. The lowest BCUT2D eigenvalue weighted by Gasteiger charge is -2.10. The second-order valence-electron chi connectivity index (χ2n) is 2.48. The van der Waals surface area contributed by atoms with Gasteiger partial charge in [0.25, 0.3) is 5.95 Å². The van der Waals surface area contributed by atoms with Crippen LogP contribution in [-0.4, -0.2) is 11.3 Å². The van der Waals surface area contributed by atoms with Crippen LogP contribution >= 0.6 is 15.9 Å². The highest BCUT2D eigenvalue weighted by Gasteiger charge is 2.33. The zero-order valence-electron chi connectivity index (χ0n) is 7.11. The normalized spacial score (nSPS) is 11.6. The summed E-state index contributed by atoms with van der Waals surface area (Å²) >= 11 is 2.85. The van der Waals surface area contributed by atoms with Gasteiger partial charge in [-0.05, 0) is 22.0 Å². The molecule has 0 aliphatic rings. The van der Waals surface area contributed by atoms with Crippen LogP contribution in [0, 0.1) is 5.95 Å². The van der Waals surface area contributed by atoms with E-state index in [1.807, 2.05) is 0 Å². The molecule has 1 aromatic rings. The quantitative estimate of drug-likeness (QED) is 0.671. The lowest BCUT2D eigenvalue weighted by Crippen LogP contribution is -2.18. The molecule has 0 atom stereocenters. The fourth-order valence-electron chi connectivity index (χ4n) is 0.830. The average molecular weight is 289 g/mol. The van der Waals surface area contributed by atoms with Crippen molar-refractivity contribution in [2.45, 2.75) is 12.9 Å². The fourth-order valence-corrected chi connectivity index (χ4v) is 1.26. The Labute approximate surface area is 90.4 Å². The molecule has 0 aliphatic heterocycles. The van der Waals surface area contributed by atoms with Gasteiger partial charge in [0.2, 0.25) is 0 Å². The topological polar surface area (TPSA) is 48.1 Å². The zero-order chi connectivity index (χ0) is 11.6. The Kier molecular flexibility index (Phi) is 3.50. The number of nitrogens with zero attached hydrogens (tertiary/aromatic N) is 1. The van der Waals surface area contributed by atoms with Crippen LogP contribution in [0.3, 0.4) is 0 Å². The van der Waals surface area contributed by atoms with Gasteiger partial charge in [-0.15, -0.1) is 13.2 Å². The van der Waals surface area contributed by atoms with Crippen LogP contribution in [0.5, 0.6) is 5.75 Å². The van der Waals surface area contributed by atoms with Crippen molar-refractivity contribution in [1.29, 1.82) is 0 Å². The van der Waals surface area contributed by atoms with Crippen molar-refractivity contribution in [2.24, 2.45) is 5.73 Å². The summed E-state index contributed by atoms with van der Waals surface area (Å²) in [6, 6.07) is 0.847. The van der Waals surface area contributed by atoms with E-state index in [1.165, 1.54) is 0 Å². The maximum atomic E-state index is 12.9. The second kappa shape index (κ2) is 4.31. The third kappa shape index (κ3) is 3.31. The Balaban J connectivity index is 3.08. The molecule has 0 bridgehead atoms. The minimum absolute atomic E-state index is 0.0528. The number of alkyl halides is 3. The summed E-state index contributed by atoms with van der Waals surface area (Å²) in [6.07, 6.45) is -4.96. The third-order valence-electron chi connectivity index (χ3n) is 1.42. The lowest BCUT2D eigenvalue weighted by molar-refractivity contribution is -0.275. The van der Waals surface area contributed by atoms with Gasteiger partial charge in [0.1, 0.15) is 4.60 Å². The Bertz CT molecular complexity index is 369. The largest absolute Gasteiger partial charge is 0.573 e. The van der Waals surface area contributed by atoms with E-state index in [4.69, 9.17) is 5.73 Å². The minimum atomic E-state index is -4.96. The molecule has 8 heteroatoms. The highest BCUT2D eigenvalue weighted by Crippen LogP contribution is 2.28. The molecule has 84 valence electrons. The first-order valence-electron chi connectivity index (χ1n) is 3.64. The van der Waals surface area contributed by atoms with E-state index in [-0.39, 0.29) is 16.7 Å². The summed E-state index contributed by atoms with van der Waals surface area (Å²) in [7, 11) is 0. The molecule has 0 aromatic carbocycles. The molecule has 1 rings (SSSR count). The average Bonchev–Trinajstić information content (AvgIpc) is 2.07. The van der Waals surface area contributed by atoms with Gasteiger partial charge in [-0.3, -0.25) is 0 Å². The Morgan fingerprint density at radius 2 is 2.07 bits per heavy atom. The van der Waals surface area contributed by atoms with Crippen molar-refractivity contribution in [2.75, 3.05) is 0 Å². The van der Waals surface area contributed by atoms with Gasteiger partial charge in [0, 0.05) is 12.1 Å². The van der Waals surface area contributed by atoms with Gasteiger partial charge in [0.05, 0.1) is 0 Å². The summed E-state index contributed by atoms with van der Waals surface area (Å²) in [5, 5.41) is 0. The molecular weight excluding hydrogens is 284 g/mol. The second-order valence-corrected chi connectivity index (χ2v) is 3.23. The molecule has 0 saturated carbocycles. The number of ether oxygens (including phenoxy) is 1. The van der Waals surface area contributed by atoms with Crippen LogP contribution in [0.15, 0.2) is 10.7 Å². The first-order chi connectivity index (χ1) is 6.83. The van der Waals surface area contributed by atoms with Gasteiger partial charge < -0.3 is 10.5 Å². The molecule has 0 fully saturated rings. The van der Waals surface area contributed by atoms with Crippen LogP contribution in [0.25, 0.3) is 0 Å². The number of pyridine rings is 1. The minimum Gasteiger partial charge on any atom is -0.401 e. The Morgan fingerprint density at radius 3 is 2.53 bits per heavy atom. The van der Waals surface area contributed by atoms with Gasteiger partial charge in [-0.2, -0.15) is 4.39 Å². The van der Waals surface area contributed by atoms with Gasteiger partial charge in [-0.1, -0.05) is 0 Å². The molecule has 0 spiro atoms.